The van der Waals surface area contributed by atoms with Crippen molar-refractivity contribution in [3.63, 3.8) is 0 Å². The number of hydrogen-bond donors (Lipinski definition) is 1. The number of thiocarbonyl (C=S) groups is 1. The molecule has 9 heteroatoms. The SMILES string of the molecule is CC(=S)NCC1CN(c2ccc(N3CCN(CC4CC(C)c5ccccc5C4=O)CC3)c(F)c2)C(=O)O1. The van der Waals surface area contributed by atoms with Gasteiger partial charge in [0, 0.05) is 44.2 Å². The summed E-state index contributed by atoms with van der Waals surface area (Å²) in [5, 5.41) is 3.01. The Bertz CT molecular complexity index is 1200. The van der Waals surface area contributed by atoms with Crippen LogP contribution in [0, 0.1) is 11.7 Å². The molecule has 3 aliphatic rings. The van der Waals surface area contributed by atoms with E-state index in [9.17, 15) is 9.59 Å². The predicted molar refractivity (Wildman–Crippen MR) is 146 cm³/mol. The highest BCUT2D eigenvalue weighted by Gasteiger charge is 2.34. The van der Waals surface area contributed by atoms with Crippen molar-refractivity contribution in [1.29, 1.82) is 0 Å². The zero-order valence-corrected chi connectivity index (χ0v) is 22.1. The third kappa shape index (κ3) is 5.48. The van der Waals surface area contributed by atoms with Gasteiger partial charge in [-0.1, -0.05) is 43.4 Å². The lowest BCUT2D eigenvalue weighted by molar-refractivity contribution is 0.0844. The second kappa shape index (κ2) is 10.8. The Hall–Kier alpha value is -3.04. The molecule has 1 amide bonds. The molecule has 2 aromatic rings. The van der Waals surface area contributed by atoms with Gasteiger partial charge in [-0.05, 0) is 43.0 Å². The molecule has 5 rings (SSSR count). The second-order valence-corrected chi connectivity index (χ2v) is 10.9. The maximum atomic E-state index is 15.2. The van der Waals surface area contributed by atoms with Gasteiger partial charge in [-0.25, -0.2) is 9.18 Å². The fraction of sp³-hybridized carbons (Fsp3) is 0.464. The van der Waals surface area contributed by atoms with E-state index in [4.69, 9.17) is 17.0 Å². The standard InChI is InChI=1S/C28H33FN4O3S/c1-18-13-20(27(34)24-6-4-3-5-23(18)24)16-31-9-11-32(12-10-31)26-8-7-21(14-25(26)29)33-17-22(36-28(33)35)15-30-19(2)37/h3-8,14,18,20,22H,9-13,15-17H2,1-2H3,(H,30,37). The molecule has 1 aliphatic carbocycles. The van der Waals surface area contributed by atoms with Crippen molar-refractivity contribution in [3.05, 3.63) is 59.4 Å². The van der Waals surface area contributed by atoms with Crippen molar-refractivity contribution in [2.75, 3.05) is 55.6 Å². The summed E-state index contributed by atoms with van der Waals surface area (Å²) in [4.78, 5) is 31.8. The van der Waals surface area contributed by atoms with Gasteiger partial charge >= 0.3 is 6.09 Å². The molecule has 0 bridgehead atoms. The van der Waals surface area contributed by atoms with Gasteiger partial charge in [0.2, 0.25) is 0 Å². The van der Waals surface area contributed by atoms with Crippen LogP contribution in [0.4, 0.5) is 20.6 Å². The number of ketones is 1. The highest BCUT2D eigenvalue weighted by Crippen LogP contribution is 2.35. The first kappa shape index (κ1) is 25.6. The highest BCUT2D eigenvalue weighted by atomic mass is 32.1. The first-order valence-corrected chi connectivity index (χ1v) is 13.3. The summed E-state index contributed by atoms with van der Waals surface area (Å²) in [5.74, 6) is 0.257. The first-order chi connectivity index (χ1) is 17.8. The van der Waals surface area contributed by atoms with Crippen molar-refractivity contribution < 1.29 is 18.7 Å². The second-order valence-electron chi connectivity index (χ2n) is 10.3. The van der Waals surface area contributed by atoms with Crippen LogP contribution in [-0.4, -0.2) is 73.7 Å². The topological polar surface area (TPSA) is 65.1 Å². The molecule has 0 spiro atoms. The summed E-state index contributed by atoms with van der Waals surface area (Å²) < 4.78 is 20.5. The molecule has 2 aromatic carbocycles. The van der Waals surface area contributed by atoms with Crippen LogP contribution >= 0.6 is 12.2 Å². The molecule has 0 aromatic heterocycles. The number of nitrogens with zero attached hydrogens (tertiary/aromatic N) is 3. The number of Topliss-reactive ketones (excluding diaryl/α,β-unsaturated/α-hetero) is 1. The number of carbonyl (C=O) groups is 2. The van der Waals surface area contributed by atoms with E-state index in [0.29, 0.717) is 48.5 Å². The molecule has 2 aliphatic heterocycles. The lowest BCUT2D eigenvalue weighted by Gasteiger charge is -2.39. The average Bonchev–Trinajstić information content (AvgIpc) is 3.27. The Morgan fingerprint density at radius 1 is 1.14 bits per heavy atom. The zero-order chi connectivity index (χ0) is 26.1. The molecule has 196 valence electrons. The highest BCUT2D eigenvalue weighted by molar-refractivity contribution is 7.80. The molecule has 2 fully saturated rings. The van der Waals surface area contributed by atoms with Crippen molar-refractivity contribution in [1.82, 2.24) is 10.2 Å². The lowest BCUT2D eigenvalue weighted by atomic mass is 9.76. The first-order valence-electron chi connectivity index (χ1n) is 12.9. The summed E-state index contributed by atoms with van der Waals surface area (Å²) in [5.41, 5.74) is 3.04. The van der Waals surface area contributed by atoms with E-state index in [1.54, 1.807) is 19.1 Å². The van der Waals surface area contributed by atoms with Gasteiger partial charge in [-0.3, -0.25) is 14.6 Å². The number of anilines is 2. The van der Waals surface area contributed by atoms with Crippen LogP contribution in [0.25, 0.3) is 0 Å². The van der Waals surface area contributed by atoms with Gasteiger partial charge in [0.05, 0.1) is 29.5 Å². The quantitative estimate of drug-likeness (QED) is 0.568. The van der Waals surface area contributed by atoms with Crippen LogP contribution in [0.3, 0.4) is 0 Å². The Labute approximate surface area is 222 Å². The summed E-state index contributed by atoms with van der Waals surface area (Å²) in [6, 6.07) is 12.9. The number of amides is 1. The van der Waals surface area contributed by atoms with Crippen molar-refractivity contribution >= 4 is 40.5 Å². The molecular formula is C28H33FN4O3S. The Morgan fingerprint density at radius 2 is 1.89 bits per heavy atom. The smallest absolute Gasteiger partial charge is 0.414 e. The van der Waals surface area contributed by atoms with Crippen LogP contribution in [0.2, 0.25) is 0 Å². The normalized spacial score (nSPS) is 24.1. The minimum absolute atomic E-state index is 0.000355. The number of nitrogens with one attached hydrogen (secondary N) is 1. The molecular weight excluding hydrogens is 491 g/mol. The minimum atomic E-state index is -0.483. The fourth-order valence-electron chi connectivity index (χ4n) is 5.69. The number of cyclic esters (lactones) is 1. The molecule has 3 atom stereocenters. The zero-order valence-electron chi connectivity index (χ0n) is 21.3. The van der Waals surface area contributed by atoms with E-state index >= 15 is 4.39 Å². The number of rotatable bonds is 6. The Balaban J connectivity index is 1.17. The van der Waals surface area contributed by atoms with Gasteiger partial charge < -0.3 is 15.0 Å². The Kier molecular flexibility index (Phi) is 7.44. The number of fused-ring (bicyclic) bond motifs is 1. The molecule has 37 heavy (non-hydrogen) atoms. The number of halogens is 1. The number of hydrogen-bond acceptors (Lipinski definition) is 6. The molecule has 7 nitrogen and oxygen atoms in total. The summed E-state index contributed by atoms with van der Waals surface area (Å²) in [7, 11) is 0. The van der Waals surface area contributed by atoms with Crippen molar-refractivity contribution in [2.45, 2.75) is 32.3 Å². The van der Waals surface area contributed by atoms with Crippen LogP contribution in [-0.2, 0) is 4.74 Å². The third-order valence-corrected chi connectivity index (χ3v) is 7.80. The van der Waals surface area contributed by atoms with Gasteiger partial charge in [0.1, 0.15) is 11.9 Å². The number of carbonyl (C=O) groups excluding carboxylic acids is 2. The molecule has 0 saturated carbocycles. The molecule has 0 radical (unpaired) electrons. The van der Waals surface area contributed by atoms with E-state index < -0.39 is 6.09 Å². The van der Waals surface area contributed by atoms with Crippen LogP contribution in [0.1, 0.15) is 42.1 Å². The molecule has 2 saturated heterocycles. The van der Waals surface area contributed by atoms with Crippen LogP contribution in [0.5, 0.6) is 0 Å². The van der Waals surface area contributed by atoms with Gasteiger partial charge in [0.15, 0.2) is 5.78 Å². The number of benzene rings is 2. The van der Waals surface area contributed by atoms with Crippen molar-refractivity contribution in [3.8, 4) is 0 Å². The largest absolute Gasteiger partial charge is 0.442 e. The summed E-state index contributed by atoms with van der Waals surface area (Å²) >= 11 is 5.01. The fourth-order valence-corrected chi connectivity index (χ4v) is 5.77. The lowest BCUT2D eigenvalue weighted by Crippen LogP contribution is -2.49. The van der Waals surface area contributed by atoms with Crippen LogP contribution < -0.4 is 15.1 Å². The predicted octanol–water partition coefficient (Wildman–Crippen LogP) is 4.22. The van der Waals surface area contributed by atoms with Crippen LogP contribution in [0.15, 0.2) is 42.5 Å². The summed E-state index contributed by atoms with van der Waals surface area (Å²) in [6.45, 7) is 8.38. The third-order valence-electron chi connectivity index (χ3n) is 7.65. The molecule has 2 heterocycles. The van der Waals surface area contributed by atoms with E-state index in [1.165, 1.54) is 11.0 Å². The number of piperazine rings is 1. The van der Waals surface area contributed by atoms with Gasteiger partial charge in [-0.2, -0.15) is 0 Å². The minimum Gasteiger partial charge on any atom is -0.442 e. The van der Waals surface area contributed by atoms with E-state index in [0.717, 1.165) is 37.2 Å². The maximum absolute atomic E-state index is 15.2. The monoisotopic (exact) mass is 524 g/mol. The summed E-state index contributed by atoms with van der Waals surface area (Å²) in [6.07, 6.45) is 0.0464. The maximum Gasteiger partial charge on any atom is 0.414 e. The number of ether oxygens (including phenoxy) is 1. The van der Waals surface area contributed by atoms with E-state index in [-0.39, 0.29) is 23.6 Å². The van der Waals surface area contributed by atoms with E-state index in [1.807, 2.05) is 23.1 Å². The Morgan fingerprint density at radius 3 is 2.62 bits per heavy atom. The molecule has 1 N–H and O–H groups in total. The molecule has 3 unspecified atom stereocenters. The van der Waals surface area contributed by atoms with Gasteiger partial charge in [0.25, 0.3) is 0 Å². The average molecular weight is 525 g/mol. The van der Waals surface area contributed by atoms with Gasteiger partial charge in [-0.15, -0.1) is 0 Å². The van der Waals surface area contributed by atoms with E-state index in [2.05, 4.69) is 23.2 Å². The van der Waals surface area contributed by atoms with Crippen molar-refractivity contribution in [2.24, 2.45) is 5.92 Å².